The van der Waals surface area contributed by atoms with Crippen LogP contribution in [0.3, 0.4) is 0 Å². The van der Waals surface area contributed by atoms with E-state index in [0.29, 0.717) is 10.4 Å². The van der Waals surface area contributed by atoms with E-state index in [9.17, 15) is 4.79 Å². The van der Waals surface area contributed by atoms with E-state index in [1.54, 1.807) is 0 Å². The molecular weight excluding hydrogens is 438 g/mol. The second-order valence-corrected chi connectivity index (χ2v) is 12.4. The van der Waals surface area contributed by atoms with E-state index in [1.807, 2.05) is 0 Å². The first-order valence-electron chi connectivity index (χ1n) is 16.9. The van der Waals surface area contributed by atoms with E-state index >= 15 is 0 Å². The molecule has 0 saturated carbocycles. The monoisotopic (exact) mass is 509 g/mol. The number of hydrogen-bond acceptors (Lipinski definition) is 1. The Bertz CT molecular complexity index is 444. The van der Waals surface area contributed by atoms with Gasteiger partial charge in [-0.05, 0) is 19.3 Å². The summed E-state index contributed by atoms with van der Waals surface area (Å²) in [5.74, 6) is 0.452. The van der Waals surface area contributed by atoms with Gasteiger partial charge in [-0.25, -0.2) is 4.79 Å². The summed E-state index contributed by atoms with van der Waals surface area (Å²) in [5.41, 5.74) is 0. The van der Waals surface area contributed by atoms with Gasteiger partial charge in [0.15, 0.2) is 0 Å². The summed E-state index contributed by atoms with van der Waals surface area (Å²) in [4.78, 5) is 12.7. The van der Waals surface area contributed by atoms with Crippen molar-refractivity contribution in [1.29, 1.82) is 0 Å². The largest absolute Gasteiger partial charge is 0.313 e. The Labute approximate surface area is 229 Å². The molecule has 0 aliphatic carbocycles. The third-order valence-electron chi connectivity index (χ3n) is 8.24. The van der Waals surface area contributed by atoms with Crippen LogP contribution in [-0.2, 0) is 4.79 Å². The molecule has 0 heterocycles. The van der Waals surface area contributed by atoms with Gasteiger partial charge in [0.2, 0.25) is 0 Å². The standard InChI is InChI=1S/C34H70NO/c1-5-7-9-11-13-15-17-19-21-23-25-27-29-31-33-35(3,4)34(36)32-30-28-26-24-22-20-18-16-14-12-10-8-6-2/h5-33H2,1-4H3/q+1. The SMILES string of the molecule is CCCCCCCCCCCCCCCC[N+](C)(C)C(=O)CCCCCCCCCCCCCCC. The molecule has 0 aromatic rings. The lowest BCUT2D eigenvalue weighted by Crippen LogP contribution is -2.46. The molecule has 0 atom stereocenters. The minimum atomic E-state index is 0.452. The van der Waals surface area contributed by atoms with Crippen molar-refractivity contribution < 1.29 is 9.28 Å². The summed E-state index contributed by atoms with van der Waals surface area (Å²) in [5, 5.41) is 0. The second kappa shape index (κ2) is 27.7. The van der Waals surface area contributed by atoms with Crippen molar-refractivity contribution >= 4 is 5.91 Å². The molecule has 0 rings (SSSR count). The number of hydrogen-bond donors (Lipinski definition) is 0. The fourth-order valence-electron chi connectivity index (χ4n) is 5.42. The molecule has 0 bridgehead atoms. The van der Waals surface area contributed by atoms with Gasteiger partial charge in [0.25, 0.3) is 0 Å². The van der Waals surface area contributed by atoms with Crippen molar-refractivity contribution in [3.8, 4) is 0 Å². The van der Waals surface area contributed by atoms with Crippen LogP contribution in [0.2, 0.25) is 0 Å². The Morgan fingerprint density at radius 3 is 0.944 bits per heavy atom. The molecule has 2 nitrogen and oxygen atoms in total. The Morgan fingerprint density at radius 2 is 0.639 bits per heavy atom. The van der Waals surface area contributed by atoms with Crippen LogP contribution in [0.15, 0.2) is 0 Å². The molecule has 0 unspecified atom stereocenters. The van der Waals surface area contributed by atoms with Crippen molar-refractivity contribution in [2.75, 3.05) is 20.6 Å². The van der Waals surface area contributed by atoms with E-state index in [2.05, 4.69) is 27.9 Å². The summed E-state index contributed by atoms with van der Waals surface area (Å²) in [6, 6.07) is 0. The highest BCUT2D eigenvalue weighted by Gasteiger charge is 2.24. The van der Waals surface area contributed by atoms with Crippen LogP contribution < -0.4 is 0 Å². The van der Waals surface area contributed by atoms with Crippen molar-refractivity contribution in [1.82, 2.24) is 0 Å². The predicted molar refractivity (Wildman–Crippen MR) is 163 cm³/mol. The molecule has 0 aromatic carbocycles. The summed E-state index contributed by atoms with van der Waals surface area (Å²) >= 11 is 0. The highest BCUT2D eigenvalue weighted by Crippen LogP contribution is 2.16. The van der Waals surface area contributed by atoms with Crippen LogP contribution in [0.5, 0.6) is 0 Å². The molecule has 0 N–H and O–H groups in total. The Morgan fingerprint density at radius 1 is 0.389 bits per heavy atom. The van der Waals surface area contributed by atoms with Gasteiger partial charge in [-0.2, -0.15) is 0 Å². The van der Waals surface area contributed by atoms with Gasteiger partial charge in [-0.3, -0.25) is 4.48 Å². The fraction of sp³-hybridized carbons (Fsp3) is 0.971. The van der Waals surface area contributed by atoms with Crippen molar-refractivity contribution in [2.24, 2.45) is 0 Å². The quantitative estimate of drug-likeness (QED) is 0.0725. The maximum absolute atomic E-state index is 12.7. The highest BCUT2D eigenvalue weighted by molar-refractivity contribution is 5.68. The van der Waals surface area contributed by atoms with Crippen molar-refractivity contribution in [2.45, 2.75) is 194 Å². The lowest BCUT2D eigenvalue weighted by Gasteiger charge is -2.27. The Kier molecular flexibility index (Phi) is 27.4. The van der Waals surface area contributed by atoms with Gasteiger partial charge in [-0.15, -0.1) is 0 Å². The second-order valence-electron chi connectivity index (χ2n) is 12.4. The first kappa shape index (κ1) is 35.6. The van der Waals surface area contributed by atoms with Crippen molar-refractivity contribution in [3.05, 3.63) is 0 Å². The molecule has 1 amide bonds. The zero-order chi connectivity index (χ0) is 26.6. The molecule has 216 valence electrons. The topological polar surface area (TPSA) is 17.1 Å². The van der Waals surface area contributed by atoms with Crippen LogP contribution in [0.4, 0.5) is 0 Å². The number of rotatable bonds is 29. The predicted octanol–water partition coefficient (Wildman–Crippen LogP) is 11.6. The van der Waals surface area contributed by atoms with Crippen LogP contribution in [-0.4, -0.2) is 31.0 Å². The van der Waals surface area contributed by atoms with Gasteiger partial charge in [0, 0.05) is 0 Å². The van der Waals surface area contributed by atoms with E-state index in [-0.39, 0.29) is 0 Å². The smallest absolute Gasteiger partial charge is 0.265 e. The highest BCUT2D eigenvalue weighted by atomic mass is 16.2. The van der Waals surface area contributed by atoms with Gasteiger partial charge in [0.1, 0.15) is 0 Å². The molecule has 0 saturated heterocycles. The van der Waals surface area contributed by atoms with Crippen LogP contribution >= 0.6 is 0 Å². The fourth-order valence-corrected chi connectivity index (χ4v) is 5.42. The zero-order valence-corrected chi connectivity index (χ0v) is 25.9. The average Bonchev–Trinajstić information content (AvgIpc) is 2.86. The van der Waals surface area contributed by atoms with E-state index in [0.717, 1.165) is 19.4 Å². The zero-order valence-electron chi connectivity index (χ0n) is 25.9. The number of nitrogens with zero attached hydrogens (tertiary/aromatic N) is 1. The molecule has 36 heavy (non-hydrogen) atoms. The van der Waals surface area contributed by atoms with Gasteiger partial charge in [-0.1, -0.05) is 168 Å². The number of amides is 1. The minimum Gasteiger partial charge on any atom is -0.265 e. The summed E-state index contributed by atoms with van der Waals surface area (Å²) < 4.78 is 0.594. The van der Waals surface area contributed by atoms with E-state index in [4.69, 9.17) is 0 Å². The van der Waals surface area contributed by atoms with E-state index in [1.165, 1.54) is 167 Å². The molecule has 0 fully saturated rings. The number of carbonyl (C=O) groups excluding carboxylic acids is 1. The molecule has 2 heteroatoms. The van der Waals surface area contributed by atoms with Gasteiger partial charge < -0.3 is 0 Å². The molecular formula is C34H70NO+. The average molecular weight is 509 g/mol. The third kappa shape index (κ3) is 25.3. The molecule has 0 spiro atoms. The number of unbranched alkanes of at least 4 members (excludes halogenated alkanes) is 25. The summed E-state index contributed by atoms with van der Waals surface area (Å²) in [7, 11) is 4.26. The molecule has 0 radical (unpaired) electrons. The molecule has 0 aromatic heterocycles. The maximum Gasteiger partial charge on any atom is 0.313 e. The Balaban J connectivity index is 3.43. The maximum atomic E-state index is 12.7. The first-order chi connectivity index (χ1) is 17.5. The van der Waals surface area contributed by atoms with Crippen LogP contribution in [0, 0.1) is 0 Å². The number of quaternary nitrogens is 1. The van der Waals surface area contributed by atoms with Gasteiger partial charge in [0.05, 0.1) is 27.1 Å². The summed E-state index contributed by atoms with van der Waals surface area (Å²) in [6.07, 6.45) is 38.0. The summed E-state index contributed by atoms with van der Waals surface area (Å²) in [6.45, 7) is 5.60. The number of carbonyl (C=O) groups is 1. The lowest BCUT2D eigenvalue weighted by atomic mass is 10.0. The first-order valence-corrected chi connectivity index (χ1v) is 16.9. The van der Waals surface area contributed by atoms with Crippen LogP contribution in [0.1, 0.15) is 194 Å². The molecule has 0 aliphatic heterocycles. The van der Waals surface area contributed by atoms with Crippen LogP contribution in [0.25, 0.3) is 0 Å². The van der Waals surface area contributed by atoms with Gasteiger partial charge >= 0.3 is 5.91 Å². The van der Waals surface area contributed by atoms with E-state index < -0.39 is 0 Å². The molecule has 0 aliphatic rings. The third-order valence-corrected chi connectivity index (χ3v) is 8.24. The minimum absolute atomic E-state index is 0.452. The van der Waals surface area contributed by atoms with Crippen molar-refractivity contribution in [3.63, 3.8) is 0 Å². The lowest BCUT2D eigenvalue weighted by molar-refractivity contribution is -0.814. The normalized spacial score (nSPS) is 11.9. The Hall–Kier alpha value is -0.370.